The highest BCUT2D eigenvalue weighted by Gasteiger charge is 2.05. The summed E-state index contributed by atoms with van der Waals surface area (Å²) in [5.41, 5.74) is 5.97. The molecule has 0 saturated carbocycles. The standard InChI is InChI=1S/C19H18N2/c1-3-4-5-7-16-8-6-9-18(15(16)2)17-10-11-19-20-12-13-21(19)14-17/h3-14H,1-2H3/b4-3+,7-5+. The monoisotopic (exact) mass is 274 g/mol. The van der Waals surface area contributed by atoms with Gasteiger partial charge in [0.1, 0.15) is 5.65 Å². The lowest BCUT2D eigenvalue weighted by atomic mass is 9.97. The highest BCUT2D eigenvalue weighted by molar-refractivity contribution is 5.73. The van der Waals surface area contributed by atoms with Crippen molar-refractivity contribution < 1.29 is 0 Å². The van der Waals surface area contributed by atoms with Gasteiger partial charge < -0.3 is 4.40 Å². The number of pyridine rings is 1. The summed E-state index contributed by atoms with van der Waals surface area (Å²) >= 11 is 0. The predicted octanol–water partition coefficient (Wildman–Crippen LogP) is 4.90. The molecule has 0 amide bonds. The van der Waals surface area contributed by atoms with Crippen LogP contribution < -0.4 is 0 Å². The van der Waals surface area contributed by atoms with Gasteiger partial charge in [0.15, 0.2) is 0 Å². The molecule has 0 aliphatic heterocycles. The van der Waals surface area contributed by atoms with Gasteiger partial charge in [-0.25, -0.2) is 4.98 Å². The summed E-state index contributed by atoms with van der Waals surface area (Å²) < 4.78 is 2.05. The van der Waals surface area contributed by atoms with Crippen LogP contribution in [0, 0.1) is 6.92 Å². The summed E-state index contributed by atoms with van der Waals surface area (Å²) in [4.78, 5) is 4.29. The maximum Gasteiger partial charge on any atom is 0.136 e. The third kappa shape index (κ3) is 2.65. The van der Waals surface area contributed by atoms with Crippen molar-refractivity contribution in [3.05, 3.63) is 78.3 Å². The minimum atomic E-state index is 0.973. The third-order valence-electron chi connectivity index (χ3n) is 3.65. The normalized spacial score (nSPS) is 11.9. The Morgan fingerprint density at radius 3 is 2.86 bits per heavy atom. The number of hydrogen-bond acceptors (Lipinski definition) is 1. The molecule has 0 saturated heterocycles. The van der Waals surface area contributed by atoms with Gasteiger partial charge in [0, 0.05) is 18.6 Å². The number of benzene rings is 1. The zero-order valence-corrected chi connectivity index (χ0v) is 12.3. The van der Waals surface area contributed by atoms with Crippen molar-refractivity contribution in [2.45, 2.75) is 13.8 Å². The average Bonchev–Trinajstić information content (AvgIpc) is 2.96. The molecule has 0 aliphatic rings. The Morgan fingerprint density at radius 1 is 1.10 bits per heavy atom. The summed E-state index contributed by atoms with van der Waals surface area (Å²) in [5.74, 6) is 0. The van der Waals surface area contributed by atoms with Crippen LogP contribution in [0.5, 0.6) is 0 Å². The fourth-order valence-electron chi connectivity index (χ4n) is 2.50. The van der Waals surface area contributed by atoms with E-state index in [0.717, 1.165) is 5.65 Å². The minimum absolute atomic E-state index is 0.973. The van der Waals surface area contributed by atoms with E-state index >= 15 is 0 Å². The quantitative estimate of drug-likeness (QED) is 0.621. The summed E-state index contributed by atoms with van der Waals surface area (Å²) in [6, 6.07) is 10.6. The highest BCUT2D eigenvalue weighted by atomic mass is 15.0. The zero-order chi connectivity index (χ0) is 14.7. The Morgan fingerprint density at radius 2 is 2.00 bits per heavy atom. The maximum absolute atomic E-state index is 4.29. The number of nitrogens with zero attached hydrogens (tertiary/aromatic N) is 2. The van der Waals surface area contributed by atoms with Gasteiger partial charge in [-0.3, -0.25) is 0 Å². The first kappa shape index (κ1) is 13.4. The van der Waals surface area contributed by atoms with Crippen molar-refractivity contribution in [2.75, 3.05) is 0 Å². The first-order valence-electron chi connectivity index (χ1n) is 7.11. The van der Waals surface area contributed by atoms with E-state index in [9.17, 15) is 0 Å². The van der Waals surface area contributed by atoms with Crippen LogP contribution in [-0.2, 0) is 0 Å². The molecule has 0 aliphatic carbocycles. The SMILES string of the molecule is C/C=C/C=C/c1cccc(-c2ccc3nccn3c2)c1C. The van der Waals surface area contributed by atoms with E-state index in [2.05, 4.69) is 65.0 Å². The second kappa shape index (κ2) is 5.80. The Kier molecular flexibility index (Phi) is 3.69. The number of allylic oxidation sites excluding steroid dienone is 3. The van der Waals surface area contributed by atoms with Crippen LogP contribution in [0.15, 0.2) is 67.2 Å². The molecule has 104 valence electrons. The number of hydrogen-bond donors (Lipinski definition) is 0. The molecule has 0 bridgehead atoms. The Labute approximate surface area is 125 Å². The molecule has 3 rings (SSSR count). The second-order valence-electron chi connectivity index (χ2n) is 5.02. The summed E-state index contributed by atoms with van der Waals surface area (Å²) in [5, 5.41) is 0. The molecule has 0 fully saturated rings. The van der Waals surface area contributed by atoms with E-state index in [1.165, 1.54) is 22.3 Å². The van der Waals surface area contributed by atoms with Crippen LogP contribution in [0.3, 0.4) is 0 Å². The zero-order valence-electron chi connectivity index (χ0n) is 12.3. The number of rotatable bonds is 3. The van der Waals surface area contributed by atoms with E-state index in [4.69, 9.17) is 0 Å². The van der Waals surface area contributed by atoms with Gasteiger partial charge in [-0.05, 0) is 48.2 Å². The molecule has 2 aromatic heterocycles. The fraction of sp³-hybridized carbons (Fsp3) is 0.105. The van der Waals surface area contributed by atoms with Crippen molar-refractivity contribution in [3.8, 4) is 11.1 Å². The molecule has 0 spiro atoms. The van der Waals surface area contributed by atoms with Gasteiger partial charge in [-0.1, -0.05) is 42.5 Å². The van der Waals surface area contributed by atoms with Gasteiger partial charge >= 0.3 is 0 Å². The van der Waals surface area contributed by atoms with Gasteiger partial charge in [-0.2, -0.15) is 0 Å². The third-order valence-corrected chi connectivity index (χ3v) is 3.65. The smallest absolute Gasteiger partial charge is 0.136 e. The first-order valence-corrected chi connectivity index (χ1v) is 7.11. The molecule has 3 aromatic rings. The Balaban J connectivity index is 2.07. The van der Waals surface area contributed by atoms with Crippen LogP contribution in [-0.4, -0.2) is 9.38 Å². The number of imidazole rings is 1. The highest BCUT2D eigenvalue weighted by Crippen LogP contribution is 2.26. The predicted molar refractivity (Wildman–Crippen MR) is 89.2 cm³/mol. The lowest BCUT2D eigenvalue weighted by Crippen LogP contribution is -1.90. The topological polar surface area (TPSA) is 17.3 Å². The number of aromatic nitrogens is 2. The Hall–Kier alpha value is -2.61. The lowest BCUT2D eigenvalue weighted by Gasteiger charge is -2.09. The molecule has 0 N–H and O–H groups in total. The molecular formula is C19H18N2. The van der Waals surface area contributed by atoms with Gasteiger partial charge in [0.25, 0.3) is 0 Å². The van der Waals surface area contributed by atoms with E-state index in [-0.39, 0.29) is 0 Å². The van der Waals surface area contributed by atoms with Gasteiger partial charge in [0.05, 0.1) is 0 Å². The van der Waals surface area contributed by atoms with Crippen molar-refractivity contribution >= 4 is 11.7 Å². The van der Waals surface area contributed by atoms with Crippen LogP contribution in [0.2, 0.25) is 0 Å². The van der Waals surface area contributed by atoms with E-state index in [0.29, 0.717) is 0 Å². The first-order chi connectivity index (χ1) is 10.3. The van der Waals surface area contributed by atoms with Crippen molar-refractivity contribution in [1.82, 2.24) is 9.38 Å². The average molecular weight is 274 g/mol. The van der Waals surface area contributed by atoms with Crippen LogP contribution in [0.1, 0.15) is 18.1 Å². The molecule has 2 nitrogen and oxygen atoms in total. The van der Waals surface area contributed by atoms with Crippen LogP contribution in [0.25, 0.3) is 22.9 Å². The summed E-state index contributed by atoms with van der Waals surface area (Å²) in [7, 11) is 0. The minimum Gasteiger partial charge on any atom is -0.306 e. The van der Waals surface area contributed by atoms with E-state index < -0.39 is 0 Å². The second-order valence-corrected chi connectivity index (χ2v) is 5.02. The summed E-state index contributed by atoms with van der Waals surface area (Å²) in [6.45, 7) is 4.19. The lowest BCUT2D eigenvalue weighted by molar-refractivity contribution is 1.19. The molecule has 1 aromatic carbocycles. The number of fused-ring (bicyclic) bond motifs is 1. The molecule has 0 unspecified atom stereocenters. The molecule has 2 heterocycles. The van der Waals surface area contributed by atoms with Crippen molar-refractivity contribution in [1.29, 1.82) is 0 Å². The molecule has 2 heteroatoms. The van der Waals surface area contributed by atoms with Crippen LogP contribution in [0.4, 0.5) is 0 Å². The van der Waals surface area contributed by atoms with E-state index in [1.54, 1.807) is 0 Å². The van der Waals surface area contributed by atoms with E-state index in [1.807, 2.05) is 31.5 Å². The molecular weight excluding hydrogens is 256 g/mol. The molecule has 0 radical (unpaired) electrons. The maximum atomic E-state index is 4.29. The van der Waals surface area contributed by atoms with Gasteiger partial charge in [-0.15, -0.1) is 0 Å². The molecule has 21 heavy (non-hydrogen) atoms. The van der Waals surface area contributed by atoms with Crippen LogP contribution >= 0.6 is 0 Å². The van der Waals surface area contributed by atoms with Crippen molar-refractivity contribution in [2.24, 2.45) is 0 Å². The summed E-state index contributed by atoms with van der Waals surface area (Å²) in [6.07, 6.45) is 14.2. The Bertz CT molecular complexity index is 822. The fourth-order valence-corrected chi connectivity index (χ4v) is 2.50. The van der Waals surface area contributed by atoms with Crippen molar-refractivity contribution in [3.63, 3.8) is 0 Å². The largest absolute Gasteiger partial charge is 0.306 e. The van der Waals surface area contributed by atoms with Gasteiger partial charge in [0.2, 0.25) is 0 Å². The molecule has 0 atom stereocenters.